The quantitative estimate of drug-likeness (QED) is 0.0809. The van der Waals surface area contributed by atoms with E-state index in [1.54, 1.807) is 30.3 Å². The number of nitrogens with one attached hydrogen (secondary N) is 1. The number of hydrogen-bond donors (Lipinski definition) is 6. The first-order chi connectivity index (χ1) is 20.1. The van der Waals surface area contributed by atoms with Gasteiger partial charge in [-0.15, -0.1) is 0 Å². The second kappa shape index (κ2) is 13.3. The normalized spacial score (nSPS) is 31.3. The van der Waals surface area contributed by atoms with E-state index in [0.29, 0.717) is 5.56 Å². The number of benzene rings is 1. The number of aliphatic hydroxyl groups is 2. The Morgan fingerprint density at radius 3 is 2.60 bits per heavy atom. The molecule has 19 heteroatoms. The minimum atomic E-state index is -5.40. The third-order valence-electron chi connectivity index (χ3n) is 7.18. The first kappa shape index (κ1) is 33.5. The van der Waals surface area contributed by atoms with Crippen LogP contribution in [-0.2, 0) is 29.7 Å². The van der Waals surface area contributed by atoms with Crippen molar-refractivity contribution in [3.05, 3.63) is 53.6 Å². The number of aromatic nitrogens is 2. The summed E-state index contributed by atoms with van der Waals surface area (Å²) in [6, 6.07) is 8.77. The fourth-order valence-corrected chi connectivity index (χ4v) is 7.83. The molecule has 2 aromatic rings. The predicted octanol–water partition coefficient (Wildman–Crippen LogP) is -2.23. The lowest BCUT2D eigenvalue weighted by atomic mass is 10.1. The molecule has 43 heavy (non-hydrogen) atoms. The molecule has 17 nitrogen and oxygen atoms in total. The summed E-state index contributed by atoms with van der Waals surface area (Å²) in [4.78, 5) is 51.6. The van der Waals surface area contributed by atoms with Gasteiger partial charge >= 0.3 is 7.82 Å². The SMILES string of the molecule is CC([O-])=NC[C@@H]1CCC(OP(=O)(O)OC[C@H]2O[C@@H](n3ccc(=N)nc3[O-])[C@H](O)[C@@H]2O)([P+]([O-])(O)O)[C@H]1OCc1ccccc1. The Kier molecular flexibility index (Phi) is 10.4. The van der Waals surface area contributed by atoms with Crippen molar-refractivity contribution in [1.82, 2.24) is 9.55 Å². The van der Waals surface area contributed by atoms with Gasteiger partial charge in [-0.2, -0.15) is 0 Å². The molecule has 1 saturated heterocycles. The van der Waals surface area contributed by atoms with Gasteiger partial charge in [0, 0.05) is 25.1 Å². The summed E-state index contributed by atoms with van der Waals surface area (Å²) in [6.45, 7) is -0.0411. The van der Waals surface area contributed by atoms with E-state index in [1.165, 1.54) is 6.92 Å². The molecule has 1 aliphatic carbocycles. The molecule has 238 valence electrons. The molecule has 0 radical (unpaired) electrons. The maximum Gasteiger partial charge on any atom is 0.476 e. The van der Waals surface area contributed by atoms with Crippen LogP contribution in [0.1, 0.15) is 31.6 Å². The molecule has 6 N–H and O–H groups in total. The summed E-state index contributed by atoms with van der Waals surface area (Å²) >= 11 is 0. The third-order valence-corrected chi connectivity index (χ3v) is 9.91. The number of hydrogen-bond acceptors (Lipinski definition) is 15. The first-order valence-electron chi connectivity index (χ1n) is 13.0. The highest BCUT2D eigenvalue weighted by atomic mass is 31.2. The highest BCUT2D eigenvalue weighted by Gasteiger charge is 2.67. The lowest BCUT2D eigenvalue weighted by Crippen LogP contribution is -2.49. The van der Waals surface area contributed by atoms with Crippen LogP contribution in [0.3, 0.4) is 0 Å². The monoisotopic (exact) mass is 646 g/mol. The second-order valence-electron chi connectivity index (χ2n) is 10.2. The molecule has 0 spiro atoms. The van der Waals surface area contributed by atoms with Gasteiger partial charge in [0.1, 0.15) is 29.9 Å². The number of phosphoric ester groups is 1. The van der Waals surface area contributed by atoms with Gasteiger partial charge in [-0.25, -0.2) is 23.9 Å². The lowest BCUT2D eigenvalue weighted by molar-refractivity contribution is -0.292. The van der Waals surface area contributed by atoms with Gasteiger partial charge in [0.25, 0.3) is 13.3 Å². The van der Waals surface area contributed by atoms with Gasteiger partial charge in [-0.1, -0.05) is 30.3 Å². The van der Waals surface area contributed by atoms with Gasteiger partial charge in [0.2, 0.25) is 0 Å². The van der Waals surface area contributed by atoms with Crippen LogP contribution in [0.5, 0.6) is 6.01 Å². The van der Waals surface area contributed by atoms with Crippen LogP contribution >= 0.6 is 15.8 Å². The Morgan fingerprint density at radius 2 is 1.98 bits per heavy atom. The van der Waals surface area contributed by atoms with E-state index in [-0.39, 0.29) is 25.1 Å². The number of aliphatic hydroxyl groups excluding tert-OH is 2. The smallest absolute Gasteiger partial charge is 0.476 e. The number of ether oxygens (including phenoxy) is 2. The minimum absolute atomic E-state index is 0.0135. The predicted molar refractivity (Wildman–Crippen MR) is 140 cm³/mol. The van der Waals surface area contributed by atoms with Gasteiger partial charge in [-0.3, -0.25) is 9.93 Å². The third kappa shape index (κ3) is 7.65. The fraction of sp³-hybridized carbons (Fsp3) is 0.542. The Bertz CT molecular complexity index is 1390. The van der Waals surface area contributed by atoms with Crippen LogP contribution in [0, 0.1) is 11.3 Å². The molecular formula is C24H32N4O13P2-2. The Labute approximate surface area is 246 Å². The topological polar surface area (TPSA) is 278 Å². The highest BCUT2D eigenvalue weighted by molar-refractivity contribution is 7.59. The maximum absolute atomic E-state index is 13.2. The Balaban J connectivity index is 1.53. The van der Waals surface area contributed by atoms with Crippen molar-refractivity contribution in [3.63, 3.8) is 0 Å². The average Bonchev–Trinajstić information content (AvgIpc) is 3.42. The van der Waals surface area contributed by atoms with E-state index >= 15 is 0 Å². The highest BCUT2D eigenvalue weighted by Crippen LogP contribution is 2.69. The summed E-state index contributed by atoms with van der Waals surface area (Å²) in [5, 5.41) is 49.2. The van der Waals surface area contributed by atoms with Crippen LogP contribution in [0.25, 0.3) is 0 Å². The van der Waals surface area contributed by atoms with Crippen LogP contribution in [0.4, 0.5) is 0 Å². The van der Waals surface area contributed by atoms with Crippen molar-refractivity contribution in [2.24, 2.45) is 10.9 Å². The lowest BCUT2D eigenvalue weighted by Gasteiger charge is -2.40. The zero-order valence-electron chi connectivity index (χ0n) is 22.8. The molecule has 0 bridgehead atoms. The van der Waals surface area contributed by atoms with Crippen molar-refractivity contribution in [2.45, 2.75) is 62.4 Å². The van der Waals surface area contributed by atoms with E-state index in [1.807, 2.05) is 0 Å². The van der Waals surface area contributed by atoms with E-state index in [2.05, 4.69) is 9.98 Å². The van der Waals surface area contributed by atoms with Gasteiger partial charge < -0.3 is 49.2 Å². The first-order valence-corrected chi connectivity index (χ1v) is 16.1. The van der Waals surface area contributed by atoms with E-state index in [4.69, 9.17) is 23.9 Å². The molecule has 0 amide bonds. The van der Waals surface area contributed by atoms with Crippen LogP contribution in [0.15, 0.2) is 47.6 Å². The molecule has 4 rings (SSSR count). The van der Waals surface area contributed by atoms with Crippen molar-refractivity contribution in [2.75, 3.05) is 13.2 Å². The molecule has 1 aromatic carbocycles. The zero-order chi connectivity index (χ0) is 31.6. The number of nitrogens with zero attached hydrogens (tertiary/aromatic N) is 3. The molecule has 8 atom stereocenters. The largest absolute Gasteiger partial charge is 0.862 e. The Morgan fingerprint density at radius 1 is 1.28 bits per heavy atom. The van der Waals surface area contributed by atoms with Gasteiger partial charge in [0.05, 0.1) is 19.2 Å². The summed E-state index contributed by atoms with van der Waals surface area (Å²) in [7, 11) is -10.8. The number of aliphatic imine (C=N–C) groups is 1. The second-order valence-corrected chi connectivity index (χ2v) is 13.4. The molecule has 2 unspecified atom stereocenters. The number of rotatable bonds is 12. The van der Waals surface area contributed by atoms with Crippen molar-refractivity contribution in [3.8, 4) is 6.01 Å². The van der Waals surface area contributed by atoms with Crippen molar-refractivity contribution >= 4 is 21.7 Å². The molecule has 2 aliphatic rings. The molecule has 1 aliphatic heterocycles. The maximum atomic E-state index is 13.2. The average molecular weight is 646 g/mol. The molecular weight excluding hydrogens is 614 g/mol. The van der Waals surface area contributed by atoms with Gasteiger partial charge in [0.15, 0.2) is 6.23 Å². The van der Waals surface area contributed by atoms with Crippen molar-refractivity contribution < 1.29 is 63.1 Å². The van der Waals surface area contributed by atoms with Crippen LogP contribution in [-0.4, -0.2) is 83.3 Å². The fourth-order valence-electron chi connectivity index (χ4n) is 5.07. The minimum Gasteiger partial charge on any atom is -0.862 e. The number of phosphoric acid groups is 1. The standard InChI is InChI=1S/C24H34N4O13P2/c1-14(29)26-11-16-7-9-24(42(33,34)35,21(16)38-12-15-5-3-2-4-6-15)41-43(36,37)39-13-17-19(30)20(31)22(40-17)28-10-8-18(25)27-23(28)32/h2-6,8,10,16-17,19-22,30-31H,7,9,11-13H2,1H3,(H,26,29)(H,36,37)(H2,25,27,32)(H2,33,34,35)/p-2/t16-,17+,19+,20+,21-,22+,24?/m0/s1. The molecule has 1 saturated carbocycles. The molecule has 2 heterocycles. The van der Waals surface area contributed by atoms with E-state index < -0.39 is 82.6 Å². The Hall–Kier alpha value is -2.37. The van der Waals surface area contributed by atoms with Crippen LogP contribution in [0.2, 0.25) is 0 Å². The zero-order valence-corrected chi connectivity index (χ0v) is 24.6. The van der Waals surface area contributed by atoms with E-state index in [0.717, 1.165) is 16.8 Å². The van der Waals surface area contributed by atoms with Crippen LogP contribution < -0.4 is 20.6 Å². The summed E-state index contributed by atoms with van der Waals surface area (Å²) in [5.41, 5.74) is 0.286. The van der Waals surface area contributed by atoms with Crippen molar-refractivity contribution in [1.29, 1.82) is 5.41 Å². The molecule has 2 fully saturated rings. The van der Waals surface area contributed by atoms with Gasteiger partial charge in [-0.05, 0) is 30.9 Å². The van der Waals surface area contributed by atoms with E-state index in [9.17, 15) is 44.6 Å². The summed E-state index contributed by atoms with van der Waals surface area (Å²) in [5.74, 6) is -1.31. The summed E-state index contributed by atoms with van der Waals surface area (Å²) < 4.78 is 35.5. The summed E-state index contributed by atoms with van der Waals surface area (Å²) in [6.07, 6.45) is -7.24. The molecule has 1 aromatic heterocycles.